The van der Waals surface area contributed by atoms with Crippen molar-refractivity contribution in [3.8, 4) is 23.0 Å². The molecule has 1 aliphatic carbocycles. The Morgan fingerprint density at radius 2 is 1.57 bits per heavy atom. The van der Waals surface area contributed by atoms with Crippen LogP contribution in [0.15, 0.2) is 66.9 Å². The Labute approximate surface area is 270 Å². The van der Waals surface area contributed by atoms with Crippen LogP contribution < -0.4 is 24.8 Å². The molecule has 1 aliphatic rings. The third-order valence-corrected chi connectivity index (χ3v) is 6.47. The Balaban J connectivity index is 0.00000225. The van der Waals surface area contributed by atoms with Gasteiger partial charge in [0.1, 0.15) is 17.0 Å². The molecule has 1 saturated carbocycles. The second-order valence-electron chi connectivity index (χ2n) is 9.26. The van der Waals surface area contributed by atoms with Gasteiger partial charge in [0, 0.05) is 35.1 Å². The van der Waals surface area contributed by atoms with Crippen molar-refractivity contribution in [3.05, 3.63) is 78.5 Å². The molecule has 0 bridgehead atoms. The van der Waals surface area contributed by atoms with Crippen molar-refractivity contribution in [2.75, 3.05) is 24.4 Å². The third-order valence-electron chi connectivity index (χ3n) is 6.47. The fourth-order valence-corrected chi connectivity index (χ4v) is 4.13. The van der Waals surface area contributed by atoms with Crippen molar-refractivity contribution in [2.24, 2.45) is 5.41 Å². The molecule has 2 amide bonds. The zero-order valence-corrected chi connectivity index (χ0v) is 24.5. The second-order valence-corrected chi connectivity index (χ2v) is 9.26. The van der Waals surface area contributed by atoms with Gasteiger partial charge in [-0.05, 0) is 61.4 Å². The molecule has 0 aliphatic heterocycles. The number of benzene rings is 3. The van der Waals surface area contributed by atoms with E-state index in [0.717, 1.165) is 6.07 Å². The van der Waals surface area contributed by atoms with Crippen molar-refractivity contribution >= 4 is 77.8 Å². The summed E-state index contributed by atoms with van der Waals surface area (Å²) < 4.78 is 44.6. The summed E-state index contributed by atoms with van der Waals surface area (Å²) in [7, 11) is 1.39. The van der Waals surface area contributed by atoms with Crippen LogP contribution in [-0.2, 0) is 14.4 Å². The fourth-order valence-electron chi connectivity index (χ4n) is 4.13. The van der Waals surface area contributed by atoms with E-state index in [0.29, 0.717) is 29.4 Å². The summed E-state index contributed by atoms with van der Waals surface area (Å²) in [6, 6.07) is 13.6. The molecular weight excluding hydrogens is 580 g/mol. The molecule has 0 spiro atoms. The molecule has 3 N–H and O–H groups in total. The van der Waals surface area contributed by atoms with Crippen LogP contribution in [-0.4, -0.2) is 79.3 Å². The summed E-state index contributed by atoms with van der Waals surface area (Å²) in [4.78, 5) is 40.8. The molecule has 1 heterocycles. The van der Waals surface area contributed by atoms with E-state index in [2.05, 4.69) is 15.6 Å². The van der Waals surface area contributed by atoms with Gasteiger partial charge < -0.3 is 32.8 Å². The molecule has 42 heavy (non-hydrogen) atoms. The predicted molar refractivity (Wildman–Crippen MR) is 151 cm³/mol. The molecule has 0 atom stereocenters. The maximum absolute atomic E-state index is 15.1. The number of hydrogen-bond donors (Lipinski definition) is 3. The van der Waals surface area contributed by atoms with Gasteiger partial charge in [0.05, 0.1) is 12.6 Å². The molecule has 4 aromatic rings. The van der Waals surface area contributed by atoms with Crippen molar-refractivity contribution in [1.29, 1.82) is 0 Å². The van der Waals surface area contributed by atoms with Crippen LogP contribution >= 0.6 is 0 Å². The van der Waals surface area contributed by atoms with Gasteiger partial charge in [0.15, 0.2) is 29.7 Å². The third kappa shape index (κ3) is 6.72. The number of nitrogens with one attached hydrogen (secondary N) is 2. The molecule has 5 rings (SSSR count). The van der Waals surface area contributed by atoms with Gasteiger partial charge in [-0.1, -0.05) is 0 Å². The largest absolute Gasteiger partial charge is 2.00 e. The predicted octanol–water partition coefficient (Wildman–Crippen LogP) is 4.98. The van der Waals surface area contributed by atoms with Crippen LogP contribution in [0.5, 0.6) is 23.0 Å². The standard InChI is InChI=1S/C29H23F2N3O7.Ca.2H/c1-39-24-13-19-21(14-25(24)40-15-26(35)36)32-11-8-22(19)41-23-7-6-18(12-20(23)31)34-28(38)29(9-10-29)27(37)33-17-4-2-16(30)3-5-17;;;/h2-8,11-14H,9-10,15H2,1H3,(H,33,37)(H,34,38)(H,35,36);;;/q;+2;2*-1. The van der Waals surface area contributed by atoms with Crippen molar-refractivity contribution < 1.29 is 45.3 Å². The van der Waals surface area contributed by atoms with Gasteiger partial charge in [0.2, 0.25) is 11.8 Å². The van der Waals surface area contributed by atoms with Gasteiger partial charge in [-0.3, -0.25) is 14.6 Å². The second kappa shape index (κ2) is 12.9. The van der Waals surface area contributed by atoms with E-state index in [1.54, 1.807) is 0 Å². The Bertz CT molecular complexity index is 1680. The van der Waals surface area contributed by atoms with E-state index in [4.69, 9.17) is 19.3 Å². The van der Waals surface area contributed by atoms with E-state index in [1.807, 2.05) is 0 Å². The topological polar surface area (TPSA) is 136 Å². The smallest absolute Gasteiger partial charge is 1.00 e. The van der Waals surface area contributed by atoms with Gasteiger partial charge in [-0.25, -0.2) is 13.6 Å². The number of carbonyl (C=O) groups excluding carboxylic acids is 2. The quantitative estimate of drug-likeness (QED) is 0.170. The van der Waals surface area contributed by atoms with E-state index < -0.39 is 41.4 Å². The van der Waals surface area contributed by atoms with Gasteiger partial charge in [-0.2, -0.15) is 0 Å². The number of aromatic nitrogens is 1. The summed E-state index contributed by atoms with van der Waals surface area (Å²) >= 11 is 0. The SMILES string of the molecule is COc1cc2c(Oc3ccc(NC(=O)C4(C(=O)Nc5ccc(F)cc5)CC4)cc3F)ccnc2cc1OCC(=O)O.[Ca+2].[H-].[H-]. The Morgan fingerprint density at radius 3 is 2.19 bits per heavy atom. The molecule has 1 aromatic heterocycles. The molecule has 0 radical (unpaired) electrons. The minimum atomic E-state index is -1.30. The number of amides is 2. The molecule has 3 aromatic carbocycles. The number of hydrogen-bond acceptors (Lipinski definition) is 7. The first-order chi connectivity index (χ1) is 19.7. The van der Waals surface area contributed by atoms with Crippen LogP contribution in [0.3, 0.4) is 0 Å². The minimum Gasteiger partial charge on any atom is -1.00 e. The number of anilines is 2. The summed E-state index contributed by atoms with van der Waals surface area (Å²) in [5, 5.41) is 14.5. The molecular formula is C29H25CaF2N3O7. The normalized spacial score (nSPS) is 12.9. The molecule has 0 saturated heterocycles. The number of methoxy groups -OCH3 is 1. The van der Waals surface area contributed by atoms with Crippen LogP contribution in [0.25, 0.3) is 10.9 Å². The van der Waals surface area contributed by atoms with Crippen LogP contribution in [0.4, 0.5) is 20.2 Å². The Morgan fingerprint density at radius 1 is 0.905 bits per heavy atom. The minimum absolute atomic E-state index is 0. The van der Waals surface area contributed by atoms with Crippen LogP contribution in [0, 0.1) is 17.0 Å². The number of halogens is 2. The molecule has 0 unspecified atom stereocenters. The molecule has 13 heteroatoms. The fraction of sp³-hybridized carbons (Fsp3) is 0.172. The Hall–Kier alpha value is -4.00. The molecule has 10 nitrogen and oxygen atoms in total. The number of carboxylic acid groups (broad SMARTS) is 1. The average molecular weight is 606 g/mol. The van der Waals surface area contributed by atoms with E-state index in [-0.39, 0.29) is 69.3 Å². The van der Waals surface area contributed by atoms with Crippen molar-refractivity contribution in [1.82, 2.24) is 4.98 Å². The summed E-state index contributed by atoms with van der Waals surface area (Å²) in [5.41, 5.74) is -0.431. The van der Waals surface area contributed by atoms with Gasteiger partial charge in [-0.15, -0.1) is 0 Å². The number of carbonyl (C=O) groups is 3. The number of fused-ring (bicyclic) bond motifs is 1. The first-order valence-electron chi connectivity index (χ1n) is 12.4. The van der Waals surface area contributed by atoms with E-state index in [9.17, 15) is 18.8 Å². The maximum Gasteiger partial charge on any atom is 2.00 e. The molecule has 214 valence electrons. The van der Waals surface area contributed by atoms with Gasteiger partial charge in [0.25, 0.3) is 0 Å². The first-order valence-corrected chi connectivity index (χ1v) is 12.4. The van der Waals surface area contributed by atoms with Crippen molar-refractivity contribution in [2.45, 2.75) is 12.8 Å². The number of aliphatic carboxylic acids is 1. The van der Waals surface area contributed by atoms with Crippen LogP contribution in [0.1, 0.15) is 15.7 Å². The van der Waals surface area contributed by atoms with E-state index in [1.165, 1.54) is 67.9 Å². The summed E-state index contributed by atoms with van der Waals surface area (Å²) in [6.07, 6.45) is 2.07. The number of nitrogens with zero attached hydrogens (tertiary/aromatic N) is 1. The number of rotatable bonds is 10. The number of pyridine rings is 1. The number of carboxylic acids is 1. The zero-order chi connectivity index (χ0) is 29.1. The zero-order valence-electron chi connectivity index (χ0n) is 24.3. The first kappa shape index (κ1) is 30.9. The molecule has 1 fully saturated rings. The summed E-state index contributed by atoms with van der Waals surface area (Å²) in [6.45, 7) is -0.577. The van der Waals surface area contributed by atoms with Crippen LogP contribution in [0.2, 0.25) is 0 Å². The number of ether oxygens (including phenoxy) is 3. The van der Waals surface area contributed by atoms with Crippen molar-refractivity contribution in [3.63, 3.8) is 0 Å². The maximum atomic E-state index is 15.1. The monoisotopic (exact) mass is 605 g/mol. The van der Waals surface area contributed by atoms with Gasteiger partial charge >= 0.3 is 43.7 Å². The summed E-state index contributed by atoms with van der Waals surface area (Å²) in [5.74, 6) is -3.01. The Kier molecular flexibility index (Phi) is 9.50. The average Bonchev–Trinajstić information content (AvgIpc) is 3.77. The van der Waals surface area contributed by atoms with E-state index >= 15 is 4.39 Å².